The second kappa shape index (κ2) is 11.8. The SMILES string of the molecule is CC(C)(C)c1cccc(-[n+]2[c-]n(-c3cccc(Oc4ccc5c6cc(C(C)(C)C)ccc6n(-c6cc(C(C)(C)C)ccn6)c5c4)c3)cc2)c1. The van der Waals surface area contributed by atoms with E-state index in [1.165, 1.54) is 27.5 Å². The third-order valence-electron chi connectivity index (χ3n) is 9.35. The molecule has 0 saturated carbocycles. The van der Waals surface area contributed by atoms with Crippen molar-refractivity contribution < 1.29 is 9.30 Å². The number of fused-ring (bicyclic) bond motifs is 3. The first-order chi connectivity index (χ1) is 23.1. The van der Waals surface area contributed by atoms with E-state index in [1.54, 1.807) is 0 Å². The van der Waals surface area contributed by atoms with Gasteiger partial charge in [-0.15, -0.1) is 0 Å². The average molecular weight is 647 g/mol. The molecule has 5 nitrogen and oxygen atoms in total. The van der Waals surface area contributed by atoms with Crippen LogP contribution in [0.4, 0.5) is 0 Å². The molecular weight excluding hydrogens is 601 g/mol. The standard InChI is InChI=1S/C44H46N4O/c1-42(2,3)30-12-10-13-33(24-30)46-22-23-47(29-46)34-14-11-15-35(27-34)49-36-17-18-37-38-25-31(43(4,5)6)16-19-39(38)48(40(37)28-36)41-26-32(20-21-45-41)44(7,8)9/h10-28H,1-9H3. The number of pyridine rings is 1. The number of rotatable bonds is 5. The lowest BCUT2D eigenvalue weighted by molar-refractivity contribution is -0.599. The normalized spacial score (nSPS) is 12.6. The molecule has 0 saturated heterocycles. The predicted molar refractivity (Wildman–Crippen MR) is 201 cm³/mol. The Hall–Kier alpha value is -5.16. The Labute approximate surface area is 290 Å². The van der Waals surface area contributed by atoms with Crippen LogP contribution in [0.2, 0.25) is 0 Å². The number of nitrogens with zero attached hydrogens (tertiary/aromatic N) is 4. The second-order valence-corrected chi connectivity index (χ2v) is 16.2. The van der Waals surface area contributed by atoms with E-state index in [0.29, 0.717) is 0 Å². The predicted octanol–water partition coefficient (Wildman–Crippen LogP) is 10.7. The molecule has 0 aliphatic rings. The molecule has 49 heavy (non-hydrogen) atoms. The highest BCUT2D eigenvalue weighted by atomic mass is 16.5. The van der Waals surface area contributed by atoms with Gasteiger partial charge in [0.05, 0.1) is 22.4 Å². The summed E-state index contributed by atoms with van der Waals surface area (Å²) >= 11 is 0. The lowest BCUT2D eigenvalue weighted by Gasteiger charge is -2.20. The van der Waals surface area contributed by atoms with Crippen molar-refractivity contribution in [1.82, 2.24) is 14.1 Å². The van der Waals surface area contributed by atoms with Gasteiger partial charge in [0.15, 0.2) is 0 Å². The van der Waals surface area contributed by atoms with Gasteiger partial charge in [-0.05, 0) is 99.7 Å². The number of hydrogen-bond donors (Lipinski definition) is 0. The summed E-state index contributed by atoms with van der Waals surface area (Å²) in [4.78, 5) is 4.88. The summed E-state index contributed by atoms with van der Waals surface area (Å²) in [5.74, 6) is 2.42. The van der Waals surface area contributed by atoms with E-state index >= 15 is 0 Å². The van der Waals surface area contributed by atoms with Crippen LogP contribution in [0, 0.1) is 6.33 Å². The van der Waals surface area contributed by atoms with Crippen molar-refractivity contribution in [1.29, 1.82) is 0 Å². The third-order valence-corrected chi connectivity index (χ3v) is 9.35. The highest BCUT2D eigenvalue weighted by molar-refractivity contribution is 6.09. The minimum absolute atomic E-state index is 0.00201. The monoisotopic (exact) mass is 646 g/mol. The number of hydrogen-bond acceptors (Lipinski definition) is 2. The van der Waals surface area contributed by atoms with Gasteiger partial charge in [0.2, 0.25) is 0 Å². The molecule has 0 spiro atoms. The first kappa shape index (κ1) is 32.4. The van der Waals surface area contributed by atoms with Gasteiger partial charge in [-0.2, -0.15) is 0 Å². The van der Waals surface area contributed by atoms with Crippen molar-refractivity contribution in [2.75, 3.05) is 0 Å². The van der Waals surface area contributed by atoms with E-state index < -0.39 is 0 Å². The van der Waals surface area contributed by atoms with Crippen LogP contribution < -0.4 is 9.30 Å². The molecule has 0 amide bonds. The maximum atomic E-state index is 6.57. The minimum atomic E-state index is 0.00201. The minimum Gasteiger partial charge on any atom is -0.458 e. The van der Waals surface area contributed by atoms with Crippen molar-refractivity contribution in [3.63, 3.8) is 0 Å². The maximum Gasteiger partial charge on any atom is 0.268 e. The lowest BCUT2D eigenvalue weighted by Crippen LogP contribution is -2.29. The molecule has 0 atom stereocenters. The summed E-state index contributed by atoms with van der Waals surface area (Å²) in [6.45, 7) is 20.2. The van der Waals surface area contributed by atoms with E-state index in [0.717, 1.165) is 39.7 Å². The summed E-state index contributed by atoms with van der Waals surface area (Å²) in [5.41, 5.74) is 8.19. The van der Waals surface area contributed by atoms with Gasteiger partial charge in [-0.25, -0.2) is 4.98 Å². The zero-order valence-corrected chi connectivity index (χ0v) is 30.2. The van der Waals surface area contributed by atoms with Crippen LogP contribution in [0.25, 0.3) is 39.0 Å². The molecule has 4 aromatic carbocycles. The Kier molecular flexibility index (Phi) is 7.78. The van der Waals surface area contributed by atoms with Gasteiger partial charge in [-0.1, -0.05) is 86.6 Å². The zero-order valence-electron chi connectivity index (χ0n) is 30.2. The van der Waals surface area contributed by atoms with Crippen LogP contribution in [0.5, 0.6) is 11.5 Å². The Morgan fingerprint density at radius 2 is 1.31 bits per heavy atom. The highest BCUT2D eigenvalue weighted by Crippen LogP contribution is 2.38. The van der Waals surface area contributed by atoms with Crippen molar-refractivity contribution >= 4 is 21.8 Å². The molecule has 0 unspecified atom stereocenters. The summed E-state index contributed by atoms with van der Waals surface area (Å²) < 4.78 is 12.9. The van der Waals surface area contributed by atoms with E-state index in [2.05, 4.69) is 158 Å². The first-order valence-electron chi connectivity index (χ1n) is 17.1. The van der Waals surface area contributed by atoms with Gasteiger partial charge in [0, 0.05) is 35.4 Å². The molecule has 0 N–H and O–H groups in total. The van der Waals surface area contributed by atoms with Gasteiger partial charge in [0.1, 0.15) is 17.3 Å². The molecular formula is C44H46N4O. The van der Waals surface area contributed by atoms with Gasteiger partial charge < -0.3 is 4.74 Å². The van der Waals surface area contributed by atoms with Crippen molar-refractivity contribution in [2.45, 2.75) is 78.6 Å². The summed E-state index contributed by atoms with van der Waals surface area (Å²) in [6.07, 6.45) is 9.46. The summed E-state index contributed by atoms with van der Waals surface area (Å²) in [5, 5.41) is 2.38. The third kappa shape index (κ3) is 6.38. The number of benzene rings is 4. The van der Waals surface area contributed by atoms with Crippen LogP contribution in [0.1, 0.15) is 79.0 Å². The highest BCUT2D eigenvalue weighted by Gasteiger charge is 2.21. The summed E-state index contributed by atoms with van der Waals surface area (Å²) in [7, 11) is 0. The molecule has 7 aromatic rings. The van der Waals surface area contributed by atoms with Crippen LogP contribution in [0.3, 0.4) is 0 Å². The van der Waals surface area contributed by atoms with E-state index in [1.807, 2.05) is 39.9 Å². The molecule has 0 bridgehead atoms. The van der Waals surface area contributed by atoms with Gasteiger partial charge >= 0.3 is 0 Å². The maximum absolute atomic E-state index is 6.57. The molecule has 0 aliphatic heterocycles. The number of ether oxygens (including phenoxy) is 1. The Bertz CT molecular complexity index is 2320. The lowest BCUT2D eigenvalue weighted by atomic mass is 9.86. The van der Waals surface area contributed by atoms with Crippen LogP contribution >= 0.6 is 0 Å². The number of aromatic nitrogens is 4. The fourth-order valence-electron chi connectivity index (χ4n) is 6.34. The summed E-state index contributed by atoms with van der Waals surface area (Å²) in [6, 6.07) is 34.3. The molecule has 0 radical (unpaired) electrons. The molecule has 7 rings (SSSR count). The van der Waals surface area contributed by atoms with E-state index in [4.69, 9.17) is 9.72 Å². The molecule has 0 fully saturated rings. The number of imidazole rings is 1. The topological polar surface area (TPSA) is 35.9 Å². The van der Waals surface area contributed by atoms with Crippen LogP contribution in [-0.4, -0.2) is 14.1 Å². The van der Waals surface area contributed by atoms with E-state index in [-0.39, 0.29) is 16.2 Å². The fraction of sp³-hybridized carbons (Fsp3) is 0.273. The van der Waals surface area contributed by atoms with Gasteiger partial charge in [0.25, 0.3) is 6.33 Å². The van der Waals surface area contributed by atoms with Gasteiger partial charge in [-0.3, -0.25) is 13.7 Å². The molecule has 5 heteroatoms. The Morgan fingerprint density at radius 3 is 2.06 bits per heavy atom. The first-order valence-corrected chi connectivity index (χ1v) is 17.1. The second-order valence-electron chi connectivity index (χ2n) is 16.2. The van der Waals surface area contributed by atoms with Crippen molar-refractivity contribution in [3.05, 3.63) is 139 Å². The molecule has 3 heterocycles. The van der Waals surface area contributed by atoms with Crippen LogP contribution in [-0.2, 0) is 16.2 Å². The van der Waals surface area contributed by atoms with Crippen molar-refractivity contribution in [3.8, 4) is 28.7 Å². The molecule has 3 aromatic heterocycles. The van der Waals surface area contributed by atoms with Crippen LogP contribution in [0.15, 0.2) is 116 Å². The quantitative estimate of drug-likeness (QED) is 0.138. The Morgan fingerprint density at radius 1 is 0.612 bits per heavy atom. The fourth-order valence-corrected chi connectivity index (χ4v) is 6.34. The molecule has 0 aliphatic carbocycles. The zero-order chi connectivity index (χ0) is 34.7. The Balaban J connectivity index is 1.27. The molecule has 248 valence electrons. The smallest absolute Gasteiger partial charge is 0.268 e. The largest absolute Gasteiger partial charge is 0.458 e. The van der Waals surface area contributed by atoms with E-state index in [9.17, 15) is 0 Å². The van der Waals surface area contributed by atoms with Crippen molar-refractivity contribution in [2.24, 2.45) is 0 Å². The average Bonchev–Trinajstić information content (AvgIpc) is 3.67.